The van der Waals surface area contributed by atoms with Crippen molar-refractivity contribution in [3.05, 3.63) is 65.3 Å². The monoisotopic (exact) mass is 721 g/mol. The summed E-state index contributed by atoms with van der Waals surface area (Å²) in [7, 11) is 0.455. The van der Waals surface area contributed by atoms with Gasteiger partial charge in [-0.15, -0.1) is 0 Å². The van der Waals surface area contributed by atoms with Crippen LogP contribution in [0.1, 0.15) is 62.5 Å². The first-order chi connectivity index (χ1) is 24.6. The minimum atomic E-state index is -2.57. The minimum absolute atomic E-state index is 0.0429. The summed E-state index contributed by atoms with van der Waals surface area (Å²) in [5, 5.41) is 17.6. The number of hydrogen-bond donors (Lipinski definition) is 3. The number of alkyl halides is 2. The number of benzene rings is 2. The fourth-order valence-corrected chi connectivity index (χ4v) is 7.98. The number of unbranched alkanes of at least 4 members (excludes halogenated alkanes) is 1. The van der Waals surface area contributed by atoms with Gasteiger partial charge in [-0.05, 0) is 92.7 Å². The molecule has 2 saturated carbocycles. The third-order valence-electron chi connectivity index (χ3n) is 10.8. The predicted octanol–water partition coefficient (Wildman–Crippen LogP) is 7.15. The van der Waals surface area contributed by atoms with Crippen LogP contribution in [0.5, 0.6) is 5.75 Å². The second kappa shape index (κ2) is 17.1. The van der Waals surface area contributed by atoms with E-state index in [-0.39, 0.29) is 12.3 Å². The highest BCUT2D eigenvalue weighted by Gasteiger charge is 2.57. The Morgan fingerprint density at radius 2 is 1.92 bits per heavy atom. The zero-order valence-electron chi connectivity index (χ0n) is 30.0. The zero-order chi connectivity index (χ0) is 36.0. The van der Waals surface area contributed by atoms with Crippen LogP contribution >= 0.6 is 0 Å². The third kappa shape index (κ3) is 10.4. The highest BCUT2D eigenvalue weighted by molar-refractivity contribution is 7.84. The molecule has 1 aliphatic heterocycles. The largest absolute Gasteiger partial charge is 0.495 e. The third-order valence-corrected chi connectivity index (χ3v) is 11.7. The van der Waals surface area contributed by atoms with Crippen molar-refractivity contribution in [3.8, 4) is 17.6 Å². The summed E-state index contributed by atoms with van der Waals surface area (Å²) in [5.41, 5.74) is 6.34. The van der Waals surface area contributed by atoms with Crippen LogP contribution in [0, 0.1) is 29.6 Å². The number of allylic oxidation sites excluding steroid dienone is 2. The molecule has 3 aliphatic carbocycles. The van der Waals surface area contributed by atoms with Crippen LogP contribution in [0.2, 0.25) is 0 Å². The molecule has 2 aromatic rings. The van der Waals surface area contributed by atoms with Gasteiger partial charge in [-0.25, -0.2) is 8.78 Å². The first-order valence-electron chi connectivity index (χ1n) is 18.5. The fraction of sp³-hybridized carbons (Fsp3) is 0.561. The normalized spacial score (nSPS) is 23.7. The Balaban J connectivity index is 1.03. The maximum atomic E-state index is 14.0. The maximum absolute atomic E-state index is 14.0. The van der Waals surface area contributed by atoms with E-state index in [0.29, 0.717) is 55.8 Å². The molecule has 0 aromatic heterocycles. The Labute approximate surface area is 304 Å². The molecule has 0 spiro atoms. The number of methoxy groups -OCH3 is 1. The van der Waals surface area contributed by atoms with Crippen molar-refractivity contribution in [1.29, 1.82) is 0 Å². The number of piperidine rings is 1. The Morgan fingerprint density at radius 3 is 2.63 bits per heavy atom. The molecule has 5 atom stereocenters. The van der Waals surface area contributed by atoms with Gasteiger partial charge >= 0.3 is 0 Å². The lowest BCUT2D eigenvalue weighted by molar-refractivity contribution is 0.0119. The van der Waals surface area contributed by atoms with Crippen molar-refractivity contribution in [3.63, 3.8) is 0 Å². The summed E-state index contributed by atoms with van der Waals surface area (Å²) in [6.07, 6.45) is 10.8. The van der Waals surface area contributed by atoms with E-state index in [2.05, 4.69) is 58.2 Å². The number of anilines is 2. The lowest BCUT2D eigenvalue weighted by atomic mass is 9.80. The molecule has 2 aromatic carbocycles. The average molecular weight is 722 g/mol. The molecule has 3 fully saturated rings. The first-order valence-corrected chi connectivity index (χ1v) is 20.0. The average Bonchev–Trinajstić information content (AvgIpc) is 3.99. The number of fused-ring (bicyclic) bond motifs is 1. The molecule has 51 heavy (non-hydrogen) atoms. The van der Waals surface area contributed by atoms with Crippen molar-refractivity contribution < 1.29 is 27.6 Å². The molecule has 4 aliphatic rings. The van der Waals surface area contributed by atoms with Gasteiger partial charge in [-0.2, -0.15) is 0 Å². The fourth-order valence-electron chi connectivity index (χ4n) is 7.44. The Kier molecular flexibility index (Phi) is 12.6. The van der Waals surface area contributed by atoms with Crippen molar-refractivity contribution in [2.45, 2.75) is 80.8 Å². The molecule has 10 heteroatoms. The molecule has 1 heterocycles. The molecule has 276 valence electrons. The zero-order valence-corrected chi connectivity index (χ0v) is 30.8. The van der Waals surface area contributed by atoms with E-state index in [9.17, 15) is 18.1 Å². The molecule has 3 N–H and O–H groups in total. The molecule has 1 saturated heterocycles. The van der Waals surface area contributed by atoms with Gasteiger partial charge in [0.25, 0.3) is 5.92 Å². The standard InChI is InChI=1S/C41H53F2N3O4S/c1-28-20-29(28)8-4-5-19-50-27-35(47)26-46-17-14-34(15-18-46)45-38-11-6-9-31-21-32(22-33-25-41(33,42)43)30(23-37(31)38)10-7-16-44-39-13-12-36(51(3)48)24-40(39)49-2/h6,9,11-13,23-24,29,32-35,44-45,47H,1,4-5,8,14-22,25-27H2,2-3H3. The Morgan fingerprint density at radius 1 is 1.14 bits per heavy atom. The van der Waals surface area contributed by atoms with Crippen LogP contribution in [0.25, 0.3) is 6.08 Å². The van der Waals surface area contributed by atoms with Gasteiger partial charge in [0, 0.05) is 83.4 Å². The number of aliphatic hydroxyl groups is 1. The number of hydrogen-bond acceptors (Lipinski definition) is 7. The van der Waals surface area contributed by atoms with Crippen molar-refractivity contribution in [2.24, 2.45) is 17.8 Å². The molecule has 5 unspecified atom stereocenters. The van der Waals surface area contributed by atoms with E-state index in [1.54, 1.807) is 25.5 Å². The smallest absolute Gasteiger partial charge is 0.251 e. The predicted molar refractivity (Wildman–Crippen MR) is 202 cm³/mol. The lowest BCUT2D eigenvalue weighted by Crippen LogP contribution is -2.43. The second-order valence-corrected chi connectivity index (χ2v) is 16.1. The van der Waals surface area contributed by atoms with E-state index < -0.39 is 28.7 Å². The summed E-state index contributed by atoms with van der Waals surface area (Å²) in [6, 6.07) is 12.0. The summed E-state index contributed by atoms with van der Waals surface area (Å²) >= 11 is 0. The molecule has 6 rings (SSSR count). The van der Waals surface area contributed by atoms with Crippen LogP contribution < -0.4 is 15.4 Å². The highest BCUT2D eigenvalue weighted by atomic mass is 32.2. The molecule has 0 bridgehead atoms. The van der Waals surface area contributed by atoms with Crippen molar-refractivity contribution in [1.82, 2.24) is 4.90 Å². The first kappa shape index (κ1) is 37.5. The van der Waals surface area contributed by atoms with Gasteiger partial charge in [0.1, 0.15) is 5.75 Å². The topological polar surface area (TPSA) is 83.1 Å². The molecular weight excluding hydrogens is 669 g/mol. The summed E-state index contributed by atoms with van der Waals surface area (Å²) in [4.78, 5) is 3.00. The van der Waals surface area contributed by atoms with E-state index in [0.717, 1.165) is 72.8 Å². The SMILES string of the molecule is C=C1CC1CCCCOCC(O)CN1CCC(Nc2cccc3c2C=C(C#CCNc2ccc(S(C)=O)cc2OC)C(CC2CC2(F)F)C3)CC1. The molecule has 0 radical (unpaired) electrons. The number of halogens is 2. The Hall–Kier alpha value is -3.23. The van der Waals surface area contributed by atoms with Gasteiger partial charge in [0.2, 0.25) is 0 Å². The van der Waals surface area contributed by atoms with Gasteiger partial charge in [-0.1, -0.05) is 42.5 Å². The maximum Gasteiger partial charge on any atom is 0.251 e. The Bertz CT molecular complexity index is 1660. The molecule has 7 nitrogen and oxygen atoms in total. The van der Waals surface area contributed by atoms with E-state index in [1.165, 1.54) is 18.4 Å². The number of β-amino-alcohol motifs (C(OH)–C–C–N with tert-alkyl or cyclic N) is 1. The number of nitrogens with zero attached hydrogens (tertiary/aromatic N) is 1. The van der Waals surface area contributed by atoms with Crippen molar-refractivity contribution in [2.75, 3.05) is 63.4 Å². The van der Waals surface area contributed by atoms with Crippen LogP contribution in [0.3, 0.4) is 0 Å². The quantitative estimate of drug-likeness (QED) is 0.0910. The highest BCUT2D eigenvalue weighted by Crippen LogP contribution is 2.53. The van der Waals surface area contributed by atoms with Crippen LogP contribution in [-0.4, -0.2) is 85.0 Å². The number of rotatable bonds is 17. The minimum Gasteiger partial charge on any atom is -0.495 e. The van der Waals surface area contributed by atoms with Gasteiger partial charge in [-0.3, -0.25) is 4.21 Å². The summed E-state index contributed by atoms with van der Waals surface area (Å²) in [5.74, 6) is 4.68. The van der Waals surface area contributed by atoms with Gasteiger partial charge in [0.15, 0.2) is 0 Å². The van der Waals surface area contributed by atoms with Crippen LogP contribution in [-0.2, 0) is 22.0 Å². The number of nitrogens with one attached hydrogen (secondary N) is 2. The van der Waals surface area contributed by atoms with Crippen molar-refractivity contribution >= 4 is 28.3 Å². The van der Waals surface area contributed by atoms with Gasteiger partial charge < -0.3 is 30.1 Å². The number of likely N-dealkylation sites (tertiary alicyclic amines) is 1. The van der Waals surface area contributed by atoms with Gasteiger partial charge in [0.05, 0.1) is 32.1 Å². The molecular formula is C41H53F2N3O4S. The van der Waals surface area contributed by atoms with E-state index >= 15 is 0 Å². The second-order valence-electron chi connectivity index (χ2n) is 14.8. The summed E-state index contributed by atoms with van der Waals surface area (Å²) < 4.78 is 51.2. The van der Waals surface area contributed by atoms with Crippen LogP contribution in [0.4, 0.5) is 20.2 Å². The summed E-state index contributed by atoms with van der Waals surface area (Å²) in [6.45, 7) is 7.86. The van der Waals surface area contributed by atoms with E-state index in [1.807, 2.05) is 6.07 Å². The lowest BCUT2D eigenvalue weighted by Gasteiger charge is -2.34. The van der Waals surface area contributed by atoms with E-state index in [4.69, 9.17) is 9.47 Å². The number of ether oxygens (including phenoxy) is 2. The van der Waals surface area contributed by atoms with Crippen LogP contribution in [0.15, 0.2) is 59.0 Å². The number of aliphatic hydroxyl groups excluding tert-OH is 1. The molecule has 0 amide bonds.